The highest BCUT2D eigenvalue weighted by atomic mass is 32.2. The van der Waals surface area contributed by atoms with Crippen LogP contribution < -0.4 is 16.0 Å². The number of methoxy groups -OCH3 is 1. The van der Waals surface area contributed by atoms with Crippen molar-refractivity contribution < 1.29 is 24.2 Å². The molecule has 5 rings (SSSR count). The second-order valence-corrected chi connectivity index (χ2v) is 12.1. The third kappa shape index (κ3) is 7.35. The van der Waals surface area contributed by atoms with Crippen LogP contribution >= 0.6 is 11.8 Å². The molecule has 0 bridgehead atoms. The zero-order valence-electron chi connectivity index (χ0n) is 22.9. The molecule has 2 amide bonds. The molecular formula is C28H38N6O5S. The van der Waals surface area contributed by atoms with Crippen LogP contribution in [0.25, 0.3) is 5.57 Å². The van der Waals surface area contributed by atoms with E-state index in [4.69, 9.17) is 14.5 Å². The van der Waals surface area contributed by atoms with E-state index in [9.17, 15) is 14.7 Å². The summed E-state index contributed by atoms with van der Waals surface area (Å²) in [6.45, 7) is 2.88. The van der Waals surface area contributed by atoms with E-state index in [0.29, 0.717) is 17.5 Å². The molecule has 216 valence electrons. The Balaban J connectivity index is 1.04. The average Bonchev–Trinajstić information content (AvgIpc) is 3.52. The first-order valence-electron chi connectivity index (χ1n) is 14.0. The fourth-order valence-corrected chi connectivity index (χ4v) is 6.46. The van der Waals surface area contributed by atoms with Gasteiger partial charge in [0.1, 0.15) is 13.2 Å². The molecular weight excluding hydrogens is 532 g/mol. The van der Waals surface area contributed by atoms with Gasteiger partial charge in [-0.3, -0.25) is 14.6 Å². The van der Waals surface area contributed by atoms with Crippen molar-refractivity contribution >= 4 is 34.3 Å². The molecule has 2 fully saturated rings. The molecule has 11 nitrogen and oxygen atoms in total. The van der Waals surface area contributed by atoms with Crippen LogP contribution in [-0.2, 0) is 25.7 Å². The maximum atomic E-state index is 12.8. The number of fused-ring (bicyclic) bond motifs is 1. The first-order valence-corrected chi connectivity index (χ1v) is 14.8. The van der Waals surface area contributed by atoms with E-state index in [1.807, 2.05) is 13.0 Å². The van der Waals surface area contributed by atoms with Crippen LogP contribution in [-0.4, -0.2) is 87.9 Å². The van der Waals surface area contributed by atoms with Gasteiger partial charge in [-0.1, -0.05) is 30.0 Å². The number of allylic oxidation sites excluding steroid dienone is 2. The quantitative estimate of drug-likeness (QED) is 0.309. The average molecular weight is 571 g/mol. The number of nitrogens with zero attached hydrogens (tertiary/aromatic N) is 3. The first kappa shape index (κ1) is 28.9. The van der Waals surface area contributed by atoms with E-state index in [1.165, 1.54) is 7.11 Å². The lowest BCUT2D eigenvalue weighted by Crippen LogP contribution is -2.52. The number of aromatic nitrogens is 2. The monoisotopic (exact) mass is 570 g/mol. The minimum Gasteiger partial charge on any atom is -0.390 e. The van der Waals surface area contributed by atoms with Gasteiger partial charge in [-0.25, -0.2) is 9.97 Å². The molecule has 2 saturated carbocycles. The van der Waals surface area contributed by atoms with Gasteiger partial charge in [0.05, 0.1) is 23.5 Å². The van der Waals surface area contributed by atoms with E-state index in [-0.39, 0.29) is 60.4 Å². The summed E-state index contributed by atoms with van der Waals surface area (Å²) in [5, 5.41) is 20.0. The summed E-state index contributed by atoms with van der Waals surface area (Å²) in [5.41, 5.74) is 1.94. The zero-order chi connectivity index (χ0) is 28.1. The number of rotatable bonds is 11. The number of aliphatic hydroxyl groups is 1. The van der Waals surface area contributed by atoms with Gasteiger partial charge >= 0.3 is 0 Å². The van der Waals surface area contributed by atoms with Gasteiger partial charge in [-0.2, -0.15) is 0 Å². The third-order valence-electron chi connectivity index (χ3n) is 7.69. The Kier molecular flexibility index (Phi) is 9.63. The molecule has 2 heterocycles. The molecule has 1 aromatic rings. The lowest BCUT2D eigenvalue weighted by atomic mass is 9.79. The molecule has 1 aromatic heterocycles. The topological polar surface area (TPSA) is 147 Å². The van der Waals surface area contributed by atoms with Crippen molar-refractivity contribution in [3.63, 3.8) is 0 Å². The Labute approximate surface area is 238 Å². The van der Waals surface area contributed by atoms with Crippen molar-refractivity contribution in [1.82, 2.24) is 25.9 Å². The predicted molar refractivity (Wildman–Crippen MR) is 152 cm³/mol. The number of hydrogen-bond acceptors (Lipinski definition) is 10. The highest BCUT2D eigenvalue weighted by molar-refractivity contribution is 8.14. The molecule has 40 heavy (non-hydrogen) atoms. The van der Waals surface area contributed by atoms with Crippen LogP contribution in [0.4, 0.5) is 0 Å². The lowest BCUT2D eigenvalue weighted by Gasteiger charge is -2.36. The first-order chi connectivity index (χ1) is 19.4. The minimum atomic E-state index is -0.393. The second-order valence-electron chi connectivity index (χ2n) is 10.9. The number of ether oxygens (including phenoxy) is 2. The van der Waals surface area contributed by atoms with Gasteiger partial charge in [-0.05, 0) is 44.6 Å². The molecule has 2 unspecified atom stereocenters. The number of carbonyl (C=O) groups excluding carboxylic acids is 2. The zero-order valence-corrected chi connectivity index (χ0v) is 23.7. The van der Waals surface area contributed by atoms with E-state index in [2.05, 4.69) is 38.1 Å². The van der Waals surface area contributed by atoms with Crippen LogP contribution in [0.5, 0.6) is 0 Å². The summed E-state index contributed by atoms with van der Waals surface area (Å²) < 4.78 is 10.6. The molecule has 0 radical (unpaired) electrons. The number of amidine groups is 1. The van der Waals surface area contributed by atoms with Crippen LogP contribution in [0.1, 0.15) is 50.4 Å². The van der Waals surface area contributed by atoms with Gasteiger partial charge in [-0.15, -0.1) is 0 Å². The Morgan fingerprint density at radius 3 is 2.75 bits per heavy atom. The van der Waals surface area contributed by atoms with E-state index in [1.54, 1.807) is 24.2 Å². The third-order valence-corrected chi connectivity index (χ3v) is 8.81. The maximum absolute atomic E-state index is 12.8. The Morgan fingerprint density at radius 2 is 2.02 bits per heavy atom. The largest absolute Gasteiger partial charge is 0.390 e. The predicted octanol–water partition coefficient (Wildman–Crippen LogP) is 1.34. The van der Waals surface area contributed by atoms with Gasteiger partial charge < -0.3 is 30.5 Å². The Bertz CT molecular complexity index is 1150. The van der Waals surface area contributed by atoms with E-state index < -0.39 is 6.10 Å². The SMILES string of the molecule is COCC(=O)NC[C@H](C)NC1CC(C(=O)NC2=NC3C=CC(c4cnc(CO[C@H]5CCC[C@@H]5O)nc4)=CC3S2)C1. The number of aliphatic hydroxyl groups excluding tert-OH is 1. The number of thioether (sulfide) groups is 1. The molecule has 3 aliphatic carbocycles. The number of nitrogens with one attached hydrogen (secondary N) is 3. The summed E-state index contributed by atoms with van der Waals surface area (Å²) in [7, 11) is 1.49. The lowest BCUT2D eigenvalue weighted by molar-refractivity contribution is -0.126. The van der Waals surface area contributed by atoms with Gasteiger partial charge in [0.25, 0.3) is 0 Å². The molecule has 12 heteroatoms. The number of hydrogen-bond donors (Lipinski definition) is 4. The summed E-state index contributed by atoms with van der Waals surface area (Å²) in [6.07, 6.45) is 13.5. The molecule has 0 saturated heterocycles. The van der Waals surface area contributed by atoms with Crippen LogP contribution in [0.2, 0.25) is 0 Å². The molecule has 4 aliphatic rings. The maximum Gasteiger partial charge on any atom is 0.246 e. The molecule has 1 aliphatic heterocycles. The smallest absolute Gasteiger partial charge is 0.246 e. The van der Waals surface area contributed by atoms with Gasteiger partial charge in [0.15, 0.2) is 11.0 Å². The molecule has 5 atom stereocenters. The van der Waals surface area contributed by atoms with Crippen molar-refractivity contribution in [1.29, 1.82) is 0 Å². The van der Waals surface area contributed by atoms with E-state index >= 15 is 0 Å². The second kappa shape index (κ2) is 13.3. The highest BCUT2D eigenvalue weighted by Gasteiger charge is 2.37. The van der Waals surface area contributed by atoms with E-state index in [0.717, 1.165) is 43.2 Å². The summed E-state index contributed by atoms with van der Waals surface area (Å²) in [6, 6.07) is 0.357. The summed E-state index contributed by atoms with van der Waals surface area (Å²) in [5.74, 6) is 0.425. The van der Waals surface area contributed by atoms with Crippen LogP contribution in [0.3, 0.4) is 0 Å². The van der Waals surface area contributed by atoms with Crippen molar-refractivity contribution in [2.75, 3.05) is 20.3 Å². The van der Waals surface area contributed by atoms with Gasteiger partial charge in [0.2, 0.25) is 11.8 Å². The fraction of sp³-hybridized carbons (Fsp3) is 0.607. The summed E-state index contributed by atoms with van der Waals surface area (Å²) >= 11 is 1.56. The van der Waals surface area contributed by atoms with Crippen molar-refractivity contribution in [3.05, 3.63) is 42.0 Å². The number of aliphatic imine (C=N–C) groups is 1. The van der Waals surface area contributed by atoms with Gasteiger partial charge in [0, 0.05) is 49.6 Å². The van der Waals surface area contributed by atoms with Crippen molar-refractivity contribution in [2.24, 2.45) is 10.9 Å². The molecule has 4 N–H and O–H groups in total. The Morgan fingerprint density at radius 1 is 1.23 bits per heavy atom. The van der Waals surface area contributed by atoms with Crippen LogP contribution in [0.15, 0.2) is 35.6 Å². The van der Waals surface area contributed by atoms with Crippen molar-refractivity contribution in [3.8, 4) is 0 Å². The van der Waals surface area contributed by atoms with Crippen molar-refractivity contribution in [2.45, 2.75) is 81.2 Å². The number of amides is 2. The standard InChI is InChI=1S/C28H38N6O5S/c1-16(11-31-26(36)15-38-2)32-20-8-18(9-20)27(37)34-28-33-21-7-6-17(10-24(21)40-28)19-12-29-25(30-13-19)14-39-23-5-3-4-22(23)35/h6-7,10,12-13,16,18,20-24,32,35H,3-5,8-9,11,14-15H2,1-2H3,(H,31,36)(H,33,34,37)/t16-,18?,20?,21?,22-,23-,24?/m0/s1. The number of carbonyl (C=O) groups is 2. The Hall–Kier alpha value is -2.64. The van der Waals surface area contributed by atoms with Crippen LogP contribution in [0, 0.1) is 5.92 Å². The fourth-order valence-electron chi connectivity index (χ4n) is 5.36. The summed E-state index contributed by atoms with van der Waals surface area (Å²) in [4.78, 5) is 37.9. The minimum absolute atomic E-state index is 0.00788. The highest BCUT2D eigenvalue weighted by Crippen LogP contribution is 2.35. The molecule has 0 aromatic carbocycles. The normalized spacial score (nSPS) is 29.7. The molecule has 0 spiro atoms.